The van der Waals surface area contributed by atoms with Gasteiger partial charge in [-0.2, -0.15) is 0 Å². The minimum absolute atomic E-state index is 0.495. The molecule has 1 N–H and O–H groups in total. The van der Waals surface area contributed by atoms with E-state index in [4.69, 9.17) is 14.5 Å². The average Bonchev–Trinajstić information content (AvgIpc) is 3.09. The predicted octanol–water partition coefficient (Wildman–Crippen LogP) is 2.30. The Kier molecular flexibility index (Phi) is 11.9. The van der Waals surface area contributed by atoms with Crippen molar-refractivity contribution in [3.63, 3.8) is 0 Å². The topological polar surface area (TPSA) is 49.3 Å². The van der Waals surface area contributed by atoms with E-state index in [2.05, 4.69) is 50.0 Å². The van der Waals surface area contributed by atoms with Crippen LogP contribution in [-0.2, 0) is 9.47 Å². The SMILES string of the molecule is CCNC(=NCC(C(CC)CC)N(C)C)N1CCC(COCCOC)C1. The van der Waals surface area contributed by atoms with Crippen LogP contribution in [0.3, 0.4) is 0 Å². The molecule has 6 nitrogen and oxygen atoms in total. The summed E-state index contributed by atoms with van der Waals surface area (Å²) in [7, 11) is 6.06. The van der Waals surface area contributed by atoms with Crippen LogP contribution in [0.5, 0.6) is 0 Å². The Hall–Kier alpha value is -0.850. The lowest BCUT2D eigenvalue weighted by molar-refractivity contribution is 0.0536. The van der Waals surface area contributed by atoms with Gasteiger partial charge in [0.1, 0.15) is 0 Å². The second-order valence-electron chi connectivity index (χ2n) is 7.47. The van der Waals surface area contributed by atoms with Crippen molar-refractivity contribution < 1.29 is 9.47 Å². The summed E-state index contributed by atoms with van der Waals surface area (Å²) in [6.07, 6.45) is 3.58. The molecule has 154 valence electrons. The molecule has 0 aromatic carbocycles. The first-order valence-electron chi connectivity index (χ1n) is 10.3. The molecule has 1 heterocycles. The molecule has 1 aliphatic heterocycles. The van der Waals surface area contributed by atoms with Crippen LogP contribution in [0.1, 0.15) is 40.0 Å². The fourth-order valence-electron chi connectivity index (χ4n) is 3.73. The van der Waals surface area contributed by atoms with Crippen molar-refractivity contribution in [3.05, 3.63) is 0 Å². The first-order chi connectivity index (χ1) is 12.6. The van der Waals surface area contributed by atoms with E-state index >= 15 is 0 Å². The lowest BCUT2D eigenvalue weighted by Gasteiger charge is -2.31. The Morgan fingerprint density at radius 2 is 1.96 bits per heavy atom. The Balaban J connectivity index is 2.62. The molecule has 26 heavy (non-hydrogen) atoms. The van der Waals surface area contributed by atoms with Gasteiger partial charge < -0.3 is 24.6 Å². The van der Waals surface area contributed by atoms with E-state index in [1.54, 1.807) is 7.11 Å². The van der Waals surface area contributed by atoms with Gasteiger partial charge in [-0.3, -0.25) is 4.99 Å². The molecule has 0 amide bonds. The van der Waals surface area contributed by atoms with Gasteiger partial charge in [0, 0.05) is 38.7 Å². The third kappa shape index (κ3) is 7.80. The van der Waals surface area contributed by atoms with E-state index in [0.29, 0.717) is 31.1 Å². The number of guanidine groups is 1. The summed E-state index contributed by atoms with van der Waals surface area (Å²) in [5.74, 6) is 2.33. The zero-order chi connectivity index (χ0) is 19.4. The molecule has 1 saturated heterocycles. The van der Waals surface area contributed by atoms with E-state index in [1.165, 1.54) is 19.3 Å². The molecule has 1 fully saturated rings. The van der Waals surface area contributed by atoms with Gasteiger partial charge in [-0.25, -0.2) is 0 Å². The summed E-state index contributed by atoms with van der Waals surface area (Å²) < 4.78 is 10.8. The number of hydrogen-bond acceptors (Lipinski definition) is 4. The second-order valence-corrected chi connectivity index (χ2v) is 7.47. The van der Waals surface area contributed by atoms with Crippen LogP contribution in [0, 0.1) is 11.8 Å². The number of aliphatic imine (C=N–C) groups is 1. The number of rotatable bonds is 12. The quantitative estimate of drug-likeness (QED) is 0.325. The number of nitrogens with zero attached hydrogens (tertiary/aromatic N) is 3. The molecule has 0 radical (unpaired) electrons. The maximum Gasteiger partial charge on any atom is 0.193 e. The highest BCUT2D eigenvalue weighted by atomic mass is 16.5. The van der Waals surface area contributed by atoms with Crippen LogP contribution in [0.2, 0.25) is 0 Å². The van der Waals surface area contributed by atoms with Crippen LogP contribution in [0.15, 0.2) is 4.99 Å². The van der Waals surface area contributed by atoms with E-state index in [0.717, 1.165) is 38.7 Å². The highest BCUT2D eigenvalue weighted by Gasteiger charge is 2.26. The molecule has 0 bridgehead atoms. The van der Waals surface area contributed by atoms with Crippen LogP contribution in [0.25, 0.3) is 0 Å². The molecule has 6 heteroatoms. The van der Waals surface area contributed by atoms with Gasteiger partial charge in [0.25, 0.3) is 0 Å². The number of likely N-dealkylation sites (N-methyl/N-ethyl adjacent to an activating group) is 1. The second kappa shape index (κ2) is 13.3. The van der Waals surface area contributed by atoms with Gasteiger partial charge in [0.05, 0.1) is 26.4 Å². The highest BCUT2D eigenvalue weighted by Crippen LogP contribution is 2.19. The van der Waals surface area contributed by atoms with Crippen molar-refractivity contribution in [2.75, 3.05) is 67.2 Å². The van der Waals surface area contributed by atoms with Crippen LogP contribution in [0.4, 0.5) is 0 Å². The first kappa shape index (κ1) is 23.2. The van der Waals surface area contributed by atoms with Gasteiger partial charge in [0.2, 0.25) is 0 Å². The van der Waals surface area contributed by atoms with Gasteiger partial charge in [-0.15, -0.1) is 0 Å². The number of ether oxygens (including phenoxy) is 2. The smallest absolute Gasteiger partial charge is 0.193 e. The van der Waals surface area contributed by atoms with Crippen molar-refractivity contribution in [3.8, 4) is 0 Å². The Labute approximate surface area is 161 Å². The fourth-order valence-corrected chi connectivity index (χ4v) is 3.73. The summed E-state index contributed by atoms with van der Waals surface area (Å²) >= 11 is 0. The summed E-state index contributed by atoms with van der Waals surface area (Å²) in [6, 6.07) is 0.495. The van der Waals surface area contributed by atoms with Gasteiger partial charge in [-0.05, 0) is 33.4 Å². The van der Waals surface area contributed by atoms with Gasteiger partial charge in [0.15, 0.2) is 5.96 Å². The third-order valence-electron chi connectivity index (χ3n) is 5.39. The molecule has 1 rings (SSSR count). The normalized spacial score (nSPS) is 19.6. The molecular weight excluding hydrogens is 328 g/mol. The summed E-state index contributed by atoms with van der Waals surface area (Å²) in [5.41, 5.74) is 0. The lowest BCUT2D eigenvalue weighted by Crippen LogP contribution is -2.43. The number of likely N-dealkylation sites (tertiary alicyclic amines) is 1. The van der Waals surface area contributed by atoms with Crippen molar-refractivity contribution in [2.24, 2.45) is 16.8 Å². The molecule has 0 aromatic rings. The predicted molar refractivity (Wildman–Crippen MR) is 110 cm³/mol. The van der Waals surface area contributed by atoms with Crippen molar-refractivity contribution >= 4 is 5.96 Å². The van der Waals surface area contributed by atoms with Crippen molar-refractivity contribution in [1.29, 1.82) is 0 Å². The van der Waals surface area contributed by atoms with E-state index in [9.17, 15) is 0 Å². The fraction of sp³-hybridized carbons (Fsp3) is 0.950. The lowest BCUT2D eigenvalue weighted by atomic mass is 9.93. The zero-order valence-electron chi connectivity index (χ0n) is 18.0. The highest BCUT2D eigenvalue weighted by molar-refractivity contribution is 5.80. The maximum atomic E-state index is 5.72. The van der Waals surface area contributed by atoms with Crippen molar-refractivity contribution in [1.82, 2.24) is 15.1 Å². The van der Waals surface area contributed by atoms with E-state index < -0.39 is 0 Å². The molecular formula is C20H42N4O2. The maximum absolute atomic E-state index is 5.72. The molecule has 1 aliphatic rings. The molecule has 0 aromatic heterocycles. The largest absolute Gasteiger partial charge is 0.382 e. The van der Waals surface area contributed by atoms with Gasteiger partial charge in [-0.1, -0.05) is 26.7 Å². The number of nitrogens with one attached hydrogen (secondary N) is 1. The average molecular weight is 371 g/mol. The Morgan fingerprint density at radius 3 is 2.54 bits per heavy atom. The summed E-state index contributed by atoms with van der Waals surface area (Å²) in [5, 5.41) is 3.49. The molecule has 0 saturated carbocycles. The van der Waals surface area contributed by atoms with Crippen LogP contribution < -0.4 is 5.32 Å². The minimum atomic E-state index is 0.495. The number of hydrogen-bond donors (Lipinski definition) is 1. The van der Waals surface area contributed by atoms with Gasteiger partial charge >= 0.3 is 0 Å². The number of methoxy groups -OCH3 is 1. The first-order valence-corrected chi connectivity index (χ1v) is 10.3. The van der Waals surface area contributed by atoms with Crippen molar-refractivity contribution in [2.45, 2.75) is 46.1 Å². The van der Waals surface area contributed by atoms with Crippen LogP contribution >= 0.6 is 0 Å². The standard InChI is InChI=1S/C20H42N4O2/c1-7-18(8-2)19(23(4)5)14-22-20(21-9-3)24-11-10-17(15-24)16-26-13-12-25-6/h17-19H,7-16H2,1-6H3,(H,21,22). The third-order valence-corrected chi connectivity index (χ3v) is 5.39. The monoisotopic (exact) mass is 370 g/mol. The van der Waals surface area contributed by atoms with E-state index in [-0.39, 0.29) is 0 Å². The molecule has 2 unspecified atom stereocenters. The molecule has 2 atom stereocenters. The molecule has 0 aliphatic carbocycles. The molecule has 0 spiro atoms. The zero-order valence-corrected chi connectivity index (χ0v) is 18.0. The van der Waals surface area contributed by atoms with Crippen LogP contribution in [-0.4, -0.2) is 89.0 Å². The summed E-state index contributed by atoms with van der Waals surface area (Å²) in [4.78, 5) is 9.74. The summed E-state index contributed by atoms with van der Waals surface area (Å²) in [6.45, 7) is 12.7. The Bertz CT molecular complexity index is 386. The van der Waals surface area contributed by atoms with E-state index in [1.807, 2.05) is 0 Å². The minimum Gasteiger partial charge on any atom is -0.382 e. The Morgan fingerprint density at radius 1 is 1.23 bits per heavy atom.